The minimum atomic E-state index is -4.19. The molecule has 0 bridgehead atoms. The molecular formula is C22H29N5O4S. The summed E-state index contributed by atoms with van der Waals surface area (Å²) in [5.74, 6) is 0.352. The Hall–Kier alpha value is -2.72. The zero-order chi connectivity index (χ0) is 23.1. The van der Waals surface area contributed by atoms with Crippen LogP contribution in [0.5, 0.6) is 0 Å². The number of carbonyl (C=O) groups excluding carboxylic acids is 1. The van der Waals surface area contributed by atoms with Gasteiger partial charge in [0.05, 0.1) is 12.2 Å². The van der Waals surface area contributed by atoms with Crippen LogP contribution in [-0.2, 0) is 14.8 Å². The minimum absolute atomic E-state index is 0.0543. The van der Waals surface area contributed by atoms with Gasteiger partial charge in [0, 0.05) is 30.3 Å². The average Bonchev–Trinajstić information content (AvgIpc) is 3.36. The number of rotatable bonds is 5. The van der Waals surface area contributed by atoms with Crippen molar-refractivity contribution < 1.29 is 17.9 Å². The first-order valence-electron chi connectivity index (χ1n) is 10.8. The molecule has 2 aromatic rings. The molecule has 2 aliphatic heterocycles. The van der Waals surface area contributed by atoms with Gasteiger partial charge >= 0.3 is 0 Å². The van der Waals surface area contributed by atoms with E-state index in [4.69, 9.17) is 15.5 Å². The van der Waals surface area contributed by atoms with Gasteiger partial charge in [-0.05, 0) is 56.9 Å². The summed E-state index contributed by atoms with van der Waals surface area (Å²) in [6, 6.07) is 7.69. The Morgan fingerprint density at radius 2 is 2.00 bits per heavy atom. The first kappa shape index (κ1) is 22.5. The van der Waals surface area contributed by atoms with Gasteiger partial charge in [0.2, 0.25) is 0 Å². The van der Waals surface area contributed by atoms with Crippen molar-refractivity contribution in [1.82, 2.24) is 14.7 Å². The van der Waals surface area contributed by atoms with Gasteiger partial charge in [-0.15, -0.1) is 0 Å². The van der Waals surface area contributed by atoms with Crippen LogP contribution in [-0.4, -0.2) is 49.6 Å². The summed E-state index contributed by atoms with van der Waals surface area (Å²) in [5.41, 5.74) is 6.44. The van der Waals surface area contributed by atoms with Gasteiger partial charge in [-0.1, -0.05) is 13.0 Å². The molecule has 2 unspecified atom stereocenters. The Labute approximate surface area is 188 Å². The van der Waals surface area contributed by atoms with Gasteiger partial charge in [-0.25, -0.2) is 14.7 Å². The van der Waals surface area contributed by atoms with E-state index in [1.807, 2.05) is 0 Å². The second-order valence-electron chi connectivity index (χ2n) is 9.00. The second kappa shape index (κ2) is 8.32. The second-order valence-corrected chi connectivity index (χ2v) is 10.6. The quantitative estimate of drug-likeness (QED) is 0.697. The standard InChI is InChI=1S/C22H29N5O4S/c1-14-9-11-27(22(14,2)3)20-16(7-8-17(24-20)15-10-12-31-13-15)21(28)26-32(29,30)19-6-4-5-18(23)25-19/h4-8,14-15H,9-13H2,1-3H3,(H2,23,25)(H,26,28). The lowest BCUT2D eigenvalue weighted by molar-refractivity contribution is 0.0981. The Morgan fingerprint density at radius 3 is 2.62 bits per heavy atom. The first-order valence-corrected chi connectivity index (χ1v) is 12.2. The summed E-state index contributed by atoms with van der Waals surface area (Å²) in [6.45, 7) is 8.41. The van der Waals surface area contributed by atoms with Gasteiger partial charge in [-0.3, -0.25) is 4.79 Å². The van der Waals surface area contributed by atoms with E-state index in [0.29, 0.717) is 24.9 Å². The number of hydrogen-bond donors (Lipinski definition) is 2. The maximum Gasteiger partial charge on any atom is 0.281 e. The zero-order valence-corrected chi connectivity index (χ0v) is 19.4. The molecule has 0 aliphatic carbocycles. The largest absolute Gasteiger partial charge is 0.384 e. The molecule has 2 saturated heterocycles. The Balaban J connectivity index is 1.71. The van der Waals surface area contributed by atoms with Crippen LogP contribution in [0.2, 0.25) is 0 Å². The summed E-state index contributed by atoms with van der Waals surface area (Å²) >= 11 is 0. The van der Waals surface area contributed by atoms with Crippen LogP contribution in [0.3, 0.4) is 0 Å². The highest BCUT2D eigenvalue weighted by molar-refractivity contribution is 7.90. The molecule has 2 fully saturated rings. The predicted molar refractivity (Wildman–Crippen MR) is 121 cm³/mol. The molecule has 3 N–H and O–H groups in total. The molecule has 1 amide bonds. The van der Waals surface area contributed by atoms with Crippen molar-refractivity contribution in [3.8, 4) is 0 Å². The maximum atomic E-state index is 13.2. The van der Waals surface area contributed by atoms with Crippen molar-refractivity contribution in [1.29, 1.82) is 0 Å². The molecule has 172 valence electrons. The van der Waals surface area contributed by atoms with Gasteiger partial charge in [0.15, 0.2) is 5.03 Å². The lowest BCUT2D eigenvalue weighted by atomic mass is 9.90. The van der Waals surface area contributed by atoms with Crippen molar-refractivity contribution in [2.24, 2.45) is 5.92 Å². The van der Waals surface area contributed by atoms with Crippen molar-refractivity contribution in [3.05, 3.63) is 41.6 Å². The molecule has 2 atom stereocenters. The number of sulfonamides is 1. The van der Waals surface area contributed by atoms with Crippen LogP contribution in [0.1, 0.15) is 55.6 Å². The van der Waals surface area contributed by atoms with Crippen LogP contribution in [0, 0.1) is 5.92 Å². The van der Waals surface area contributed by atoms with E-state index in [1.54, 1.807) is 12.1 Å². The molecule has 2 aromatic heterocycles. The molecule has 0 radical (unpaired) electrons. The van der Waals surface area contributed by atoms with Crippen molar-refractivity contribution in [2.75, 3.05) is 30.4 Å². The highest BCUT2D eigenvalue weighted by atomic mass is 32.2. The Bertz CT molecular complexity index is 1130. The van der Waals surface area contributed by atoms with E-state index in [2.05, 4.69) is 35.4 Å². The molecule has 9 nitrogen and oxygen atoms in total. The number of aromatic nitrogens is 2. The number of amides is 1. The average molecular weight is 460 g/mol. The monoisotopic (exact) mass is 459 g/mol. The van der Waals surface area contributed by atoms with Crippen molar-refractivity contribution in [2.45, 2.75) is 50.1 Å². The van der Waals surface area contributed by atoms with E-state index in [0.717, 1.165) is 25.1 Å². The third-order valence-corrected chi connectivity index (χ3v) is 7.91. The maximum absolute atomic E-state index is 13.2. The fraction of sp³-hybridized carbons (Fsp3) is 0.500. The van der Waals surface area contributed by atoms with Gasteiger partial charge in [0.1, 0.15) is 11.6 Å². The molecule has 0 spiro atoms. The fourth-order valence-corrected chi connectivity index (χ4v) is 5.20. The third-order valence-electron chi connectivity index (χ3n) is 6.68. The summed E-state index contributed by atoms with van der Waals surface area (Å²) in [6.07, 6.45) is 1.82. The molecule has 32 heavy (non-hydrogen) atoms. The highest BCUT2D eigenvalue weighted by Gasteiger charge is 2.41. The van der Waals surface area contributed by atoms with Crippen molar-refractivity contribution in [3.63, 3.8) is 0 Å². The van der Waals surface area contributed by atoms with Crippen LogP contribution in [0.4, 0.5) is 11.6 Å². The highest BCUT2D eigenvalue weighted by Crippen LogP contribution is 2.39. The summed E-state index contributed by atoms with van der Waals surface area (Å²) in [7, 11) is -4.19. The van der Waals surface area contributed by atoms with E-state index in [-0.39, 0.29) is 27.9 Å². The Morgan fingerprint density at radius 1 is 1.22 bits per heavy atom. The van der Waals surface area contributed by atoms with E-state index in [9.17, 15) is 13.2 Å². The summed E-state index contributed by atoms with van der Waals surface area (Å²) in [4.78, 5) is 24.0. The lowest BCUT2D eigenvalue weighted by Crippen LogP contribution is -2.44. The van der Waals surface area contributed by atoms with Crippen LogP contribution in [0.15, 0.2) is 35.4 Å². The molecular weight excluding hydrogens is 430 g/mol. The van der Waals surface area contributed by atoms with E-state index >= 15 is 0 Å². The molecule has 0 saturated carbocycles. The van der Waals surface area contributed by atoms with Crippen LogP contribution >= 0.6 is 0 Å². The van der Waals surface area contributed by atoms with Gasteiger partial charge in [0.25, 0.3) is 15.9 Å². The zero-order valence-electron chi connectivity index (χ0n) is 18.5. The predicted octanol–water partition coefficient (Wildman–Crippen LogP) is 2.31. The van der Waals surface area contributed by atoms with E-state index < -0.39 is 15.9 Å². The molecule has 4 heterocycles. The number of nitrogen functional groups attached to an aromatic ring is 1. The molecule has 10 heteroatoms. The molecule has 2 aliphatic rings. The number of nitrogens with zero attached hydrogens (tertiary/aromatic N) is 3. The van der Waals surface area contributed by atoms with Crippen molar-refractivity contribution >= 4 is 27.6 Å². The topological polar surface area (TPSA) is 128 Å². The Kier molecular flexibility index (Phi) is 5.85. The molecule has 0 aromatic carbocycles. The number of anilines is 2. The number of pyridine rings is 2. The fourth-order valence-electron chi connectivity index (χ4n) is 4.26. The minimum Gasteiger partial charge on any atom is -0.384 e. The number of nitrogens with two attached hydrogens (primary N) is 1. The number of carbonyl (C=O) groups is 1. The van der Waals surface area contributed by atoms with E-state index in [1.165, 1.54) is 18.2 Å². The van der Waals surface area contributed by atoms with Crippen LogP contribution in [0.25, 0.3) is 0 Å². The number of nitrogens with one attached hydrogen (secondary N) is 1. The van der Waals surface area contributed by atoms with Gasteiger partial charge < -0.3 is 15.4 Å². The first-order chi connectivity index (χ1) is 15.1. The number of hydrogen-bond acceptors (Lipinski definition) is 8. The SMILES string of the molecule is CC1CCN(c2nc(C3CCOC3)ccc2C(=O)NS(=O)(=O)c2cccc(N)n2)C1(C)C. The summed E-state index contributed by atoms with van der Waals surface area (Å²) < 4.78 is 33.2. The molecule has 4 rings (SSSR count). The smallest absolute Gasteiger partial charge is 0.281 e. The summed E-state index contributed by atoms with van der Waals surface area (Å²) in [5, 5.41) is -0.310. The third kappa shape index (κ3) is 4.16. The normalized spacial score (nSPS) is 22.8. The lowest BCUT2D eigenvalue weighted by Gasteiger charge is -2.37. The van der Waals surface area contributed by atoms with Crippen LogP contribution < -0.4 is 15.4 Å². The number of ether oxygens (including phenoxy) is 1. The van der Waals surface area contributed by atoms with Gasteiger partial charge in [-0.2, -0.15) is 8.42 Å².